The Morgan fingerprint density at radius 2 is 1.62 bits per heavy atom. The van der Waals surface area contributed by atoms with Gasteiger partial charge in [-0.05, 0) is 18.6 Å². The molecule has 90 valence electrons. The second-order valence-electron chi connectivity index (χ2n) is 2.43. The van der Waals surface area contributed by atoms with Crippen LogP contribution >= 0.6 is 0 Å². The largest absolute Gasteiger partial charge is 0.264 e. The average Bonchev–Trinajstić information content (AvgIpc) is 2.34. The molecule has 3 heteroatoms. The molecule has 0 radical (unpaired) electrons. The summed E-state index contributed by atoms with van der Waals surface area (Å²) in [6.07, 6.45) is -2.50. The van der Waals surface area contributed by atoms with E-state index < -0.39 is 6.43 Å². The van der Waals surface area contributed by atoms with E-state index in [0.717, 1.165) is 0 Å². The number of halogens is 2. The van der Waals surface area contributed by atoms with Crippen LogP contribution in [0.1, 0.15) is 50.8 Å². The van der Waals surface area contributed by atoms with E-state index in [1.54, 1.807) is 0 Å². The Bertz CT molecular complexity index is 327. The van der Waals surface area contributed by atoms with Gasteiger partial charge in [-0.3, -0.25) is 0 Å². The Labute approximate surface area is 96.7 Å². The van der Waals surface area contributed by atoms with Gasteiger partial charge in [-0.2, -0.15) is 5.26 Å². The van der Waals surface area contributed by atoms with Crippen LogP contribution in [-0.4, -0.2) is 0 Å². The highest BCUT2D eigenvalue weighted by Crippen LogP contribution is 2.23. The highest BCUT2D eigenvalue weighted by molar-refractivity contribution is 5.42. The molecule has 1 rings (SSSR count). The standard InChI is InChI=1S/C9H7F2N.2C2H6/c1-6-7(5-12)3-2-4-8(6)9(10)11;2*1-2/h2-4,9H,1H3;2*1-2H3. The molecule has 0 heterocycles. The molecule has 0 aliphatic heterocycles. The van der Waals surface area contributed by atoms with Crippen molar-refractivity contribution in [3.8, 4) is 6.07 Å². The lowest BCUT2D eigenvalue weighted by Crippen LogP contribution is -1.92. The lowest BCUT2D eigenvalue weighted by atomic mass is 10.0. The van der Waals surface area contributed by atoms with Crippen molar-refractivity contribution in [3.05, 3.63) is 34.9 Å². The van der Waals surface area contributed by atoms with Crippen LogP contribution in [0.4, 0.5) is 8.78 Å². The fraction of sp³-hybridized carbons (Fsp3) is 0.462. The molecule has 0 atom stereocenters. The Balaban J connectivity index is 0. The van der Waals surface area contributed by atoms with E-state index in [4.69, 9.17) is 5.26 Å². The van der Waals surface area contributed by atoms with Gasteiger partial charge in [0, 0.05) is 5.56 Å². The fourth-order valence-electron chi connectivity index (χ4n) is 1.01. The Kier molecular flexibility index (Phi) is 10.7. The zero-order valence-corrected chi connectivity index (χ0v) is 10.5. The minimum absolute atomic E-state index is 0.0611. The van der Waals surface area contributed by atoms with Crippen molar-refractivity contribution in [1.82, 2.24) is 0 Å². The predicted molar refractivity (Wildman–Crippen MR) is 63.5 cm³/mol. The summed E-state index contributed by atoms with van der Waals surface area (Å²) in [5.74, 6) is 0. The Morgan fingerprint density at radius 1 is 1.12 bits per heavy atom. The number of alkyl halides is 2. The lowest BCUT2D eigenvalue weighted by Gasteiger charge is -2.04. The molecule has 0 N–H and O–H groups in total. The molecule has 0 aliphatic carbocycles. The van der Waals surface area contributed by atoms with E-state index in [2.05, 4.69) is 0 Å². The number of nitrogens with zero attached hydrogens (tertiary/aromatic N) is 1. The van der Waals surface area contributed by atoms with Crippen molar-refractivity contribution in [1.29, 1.82) is 5.26 Å². The molecule has 0 spiro atoms. The summed E-state index contributed by atoms with van der Waals surface area (Å²) in [5.41, 5.74) is 0.622. The quantitative estimate of drug-likeness (QED) is 0.672. The topological polar surface area (TPSA) is 23.8 Å². The molecule has 0 amide bonds. The summed E-state index contributed by atoms with van der Waals surface area (Å²) in [6, 6.07) is 6.19. The number of hydrogen-bond acceptors (Lipinski definition) is 1. The third kappa shape index (κ3) is 4.88. The minimum Gasteiger partial charge on any atom is -0.205 e. The van der Waals surface area contributed by atoms with Crippen LogP contribution in [0, 0.1) is 18.3 Å². The molecular weight excluding hydrogens is 208 g/mol. The van der Waals surface area contributed by atoms with Crippen molar-refractivity contribution < 1.29 is 8.78 Å². The maximum atomic E-state index is 12.2. The first-order valence-electron chi connectivity index (χ1n) is 5.44. The first kappa shape index (κ1) is 17.0. The molecular formula is C13H19F2N. The fourth-order valence-corrected chi connectivity index (χ4v) is 1.01. The van der Waals surface area contributed by atoms with Crippen LogP contribution in [0.3, 0.4) is 0 Å². The lowest BCUT2D eigenvalue weighted by molar-refractivity contribution is 0.150. The van der Waals surface area contributed by atoms with E-state index in [1.807, 2.05) is 33.8 Å². The molecule has 0 saturated heterocycles. The first-order chi connectivity index (χ1) is 7.66. The summed E-state index contributed by atoms with van der Waals surface area (Å²) in [4.78, 5) is 0. The van der Waals surface area contributed by atoms with Crippen molar-refractivity contribution in [3.63, 3.8) is 0 Å². The van der Waals surface area contributed by atoms with E-state index in [9.17, 15) is 8.78 Å². The second kappa shape index (κ2) is 10.1. The molecule has 0 aliphatic rings. The van der Waals surface area contributed by atoms with Crippen LogP contribution in [0.2, 0.25) is 0 Å². The van der Waals surface area contributed by atoms with Crippen molar-refractivity contribution in [2.75, 3.05) is 0 Å². The van der Waals surface area contributed by atoms with Gasteiger partial charge < -0.3 is 0 Å². The molecule has 0 saturated carbocycles. The Morgan fingerprint density at radius 3 is 2.00 bits per heavy atom. The maximum absolute atomic E-state index is 12.2. The number of benzene rings is 1. The van der Waals surface area contributed by atoms with Crippen molar-refractivity contribution in [2.45, 2.75) is 41.0 Å². The van der Waals surface area contributed by atoms with E-state index in [-0.39, 0.29) is 5.56 Å². The number of rotatable bonds is 1. The van der Waals surface area contributed by atoms with Crippen LogP contribution in [0.15, 0.2) is 18.2 Å². The average molecular weight is 227 g/mol. The highest BCUT2D eigenvalue weighted by Gasteiger charge is 2.11. The maximum Gasteiger partial charge on any atom is 0.264 e. The van der Waals surface area contributed by atoms with Gasteiger partial charge in [0.15, 0.2) is 0 Å². The molecule has 0 unspecified atom stereocenters. The van der Waals surface area contributed by atoms with Gasteiger partial charge in [0.25, 0.3) is 6.43 Å². The Hall–Kier alpha value is -1.43. The second-order valence-corrected chi connectivity index (χ2v) is 2.43. The van der Waals surface area contributed by atoms with Crippen molar-refractivity contribution in [2.24, 2.45) is 0 Å². The van der Waals surface area contributed by atoms with E-state index in [1.165, 1.54) is 25.1 Å². The third-order valence-electron chi connectivity index (χ3n) is 1.73. The molecule has 16 heavy (non-hydrogen) atoms. The molecule has 1 aromatic carbocycles. The van der Waals surface area contributed by atoms with Gasteiger partial charge >= 0.3 is 0 Å². The first-order valence-corrected chi connectivity index (χ1v) is 5.44. The summed E-state index contributed by atoms with van der Waals surface area (Å²) in [5, 5.41) is 8.53. The van der Waals surface area contributed by atoms with Crippen LogP contribution in [0.25, 0.3) is 0 Å². The van der Waals surface area contributed by atoms with Crippen LogP contribution in [-0.2, 0) is 0 Å². The number of nitriles is 1. The van der Waals surface area contributed by atoms with Gasteiger partial charge in [0.2, 0.25) is 0 Å². The SMILES string of the molecule is CC.CC.Cc1c(C#N)cccc1C(F)F. The summed E-state index contributed by atoms with van der Waals surface area (Å²) in [6.45, 7) is 9.53. The predicted octanol–water partition coefficient (Wildman–Crippen LogP) is 4.86. The molecule has 0 aromatic heterocycles. The van der Waals surface area contributed by atoms with Gasteiger partial charge in [0.05, 0.1) is 11.6 Å². The summed E-state index contributed by atoms with van der Waals surface area (Å²) >= 11 is 0. The van der Waals surface area contributed by atoms with Gasteiger partial charge in [0.1, 0.15) is 0 Å². The zero-order valence-electron chi connectivity index (χ0n) is 10.5. The molecule has 1 nitrogen and oxygen atoms in total. The van der Waals surface area contributed by atoms with Crippen molar-refractivity contribution >= 4 is 0 Å². The zero-order chi connectivity index (χ0) is 13.1. The van der Waals surface area contributed by atoms with Gasteiger partial charge in [-0.1, -0.05) is 39.8 Å². The molecule has 1 aromatic rings. The number of hydrogen-bond donors (Lipinski definition) is 0. The monoisotopic (exact) mass is 227 g/mol. The third-order valence-corrected chi connectivity index (χ3v) is 1.73. The van der Waals surface area contributed by atoms with E-state index in [0.29, 0.717) is 11.1 Å². The van der Waals surface area contributed by atoms with E-state index >= 15 is 0 Å². The summed E-state index contributed by atoms with van der Waals surface area (Å²) in [7, 11) is 0. The highest BCUT2D eigenvalue weighted by atomic mass is 19.3. The molecule has 0 fully saturated rings. The van der Waals surface area contributed by atoms with Gasteiger partial charge in [-0.25, -0.2) is 8.78 Å². The van der Waals surface area contributed by atoms with Crippen LogP contribution < -0.4 is 0 Å². The molecule has 0 bridgehead atoms. The van der Waals surface area contributed by atoms with Crippen LogP contribution in [0.5, 0.6) is 0 Å². The normalized spacial score (nSPS) is 8.19. The van der Waals surface area contributed by atoms with Gasteiger partial charge in [-0.15, -0.1) is 0 Å². The summed E-state index contributed by atoms with van der Waals surface area (Å²) < 4.78 is 24.5. The minimum atomic E-state index is -2.50. The smallest absolute Gasteiger partial charge is 0.205 e.